The Balaban J connectivity index is 1.37. The molecule has 7 heteroatoms. The van der Waals surface area contributed by atoms with Crippen molar-refractivity contribution in [1.82, 2.24) is 4.90 Å². The van der Waals surface area contributed by atoms with E-state index >= 15 is 0 Å². The van der Waals surface area contributed by atoms with Crippen LogP contribution in [0.1, 0.15) is 52.0 Å². The van der Waals surface area contributed by atoms with Crippen LogP contribution in [0.15, 0.2) is 66.7 Å². The summed E-state index contributed by atoms with van der Waals surface area (Å²) >= 11 is 0. The topological polar surface area (TPSA) is 71.1 Å². The lowest BCUT2D eigenvalue weighted by Gasteiger charge is -2.35. The Hall–Kier alpha value is -4.00. The number of piperidine rings is 1. The zero-order valence-electron chi connectivity index (χ0n) is 22.8. The summed E-state index contributed by atoms with van der Waals surface area (Å²) in [6.07, 6.45) is 5.30. The zero-order valence-corrected chi connectivity index (χ0v) is 22.8. The fourth-order valence-electron chi connectivity index (χ4n) is 5.75. The first-order chi connectivity index (χ1) is 19.1. The molecule has 3 aromatic rings. The average molecular weight is 528 g/mol. The standard InChI is InChI=1S/C32H37N3O4/c1-38-28-11-8-12-29(39-2)30(28)31(36)33-25-13-14-27(26(22-25)32(37)35-17-6-7-18-35)34-19-15-24(16-20-34)21-23-9-4-3-5-10-23/h3-5,8-14,22,24H,6-7,15-21H2,1-2H3,(H,33,36). The monoisotopic (exact) mass is 527 g/mol. The molecule has 39 heavy (non-hydrogen) atoms. The fourth-order valence-corrected chi connectivity index (χ4v) is 5.75. The van der Waals surface area contributed by atoms with Gasteiger partial charge in [-0.15, -0.1) is 0 Å². The van der Waals surface area contributed by atoms with E-state index in [1.807, 2.05) is 23.1 Å². The number of carbonyl (C=O) groups excluding carboxylic acids is 2. The van der Waals surface area contributed by atoms with E-state index in [9.17, 15) is 9.59 Å². The SMILES string of the molecule is COc1cccc(OC)c1C(=O)Nc1ccc(N2CCC(Cc3ccccc3)CC2)c(C(=O)N2CCCC2)c1. The Morgan fingerprint density at radius 1 is 0.846 bits per heavy atom. The molecule has 0 unspecified atom stereocenters. The quantitative estimate of drug-likeness (QED) is 0.410. The van der Waals surface area contributed by atoms with E-state index < -0.39 is 0 Å². The first-order valence-electron chi connectivity index (χ1n) is 13.8. The van der Waals surface area contributed by atoms with Gasteiger partial charge < -0.3 is 24.6 Å². The van der Waals surface area contributed by atoms with E-state index in [1.165, 1.54) is 19.8 Å². The normalized spacial score (nSPS) is 15.7. The molecule has 5 rings (SSSR count). The van der Waals surface area contributed by atoms with E-state index in [0.717, 1.165) is 64.0 Å². The van der Waals surface area contributed by atoms with E-state index in [0.29, 0.717) is 34.2 Å². The van der Waals surface area contributed by atoms with E-state index in [1.54, 1.807) is 18.2 Å². The predicted octanol–water partition coefficient (Wildman–Crippen LogP) is 5.65. The zero-order chi connectivity index (χ0) is 27.2. The predicted molar refractivity (Wildman–Crippen MR) is 154 cm³/mol. The van der Waals surface area contributed by atoms with Crippen LogP contribution in [0.2, 0.25) is 0 Å². The van der Waals surface area contributed by atoms with Crippen LogP contribution >= 0.6 is 0 Å². The molecule has 2 amide bonds. The van der Waals surface area contributed by atoms with Crippen LogP contribution in [0.25, 0.3) is 0 Å². The maximum atomic E-state index is 13.7. The summed E-state index contributed by atoms with van der Waals surface area (Å²) in [5.41, 5.74) is 3.85. The average Bonchev–Trinajstić information content (AvgIpc) is 3.52. The number of rotatable bonds is 8. The summed E-state index contributed by atoms with van der Waals surface area (Å²) in [4.78, 5) is 31.2. The third kappa shape index (κ3) is 6.03. The highest BCUT2D eigenvalue weighted by atomic mass is 16.5. The number of methoxy groups -OCH3 is 2. The van der Waals surface area contributed by atoms with E-state index in [4.69, 9.17) is 9.47 Å². The van der Waals surface area contributed by atoms with Crippen molar-refractivity contribution < 1.29 is 19.1 Å². The van der Waals surface area contributed by atoms with Crippen molar-refractivity contribution in [2.45, 2.75) is 32.1 Å². The third-order valence-corrected chi connectivity index (χ3v) is 7.86. The number of anilines is 2. The van der Waals surface area contributed by atoms with Gasteiger partial charge in [0, 0.05) is 37.6 Å². The van der Waals surface area contributed by atoms with Crippen LogP contribution in [-0.4, -0.2) is 57.1 Å². The van der Waals surface area contributed by atoms with Gasteiger partial charge in [0.15, 0.2) is 0 Å². The van der Waals surface area contributed by atoms with Crippen LogP contribution in [0, 0.1) is 5.92 Å². The number of nitrogens with one attached hydrogen (secondary N) is 1. The second kappa shape index (κ2) is 12.2. The number of hydrogen-bond donors (Lipinski definition) is 1. The largest absolute Gasteiger partial charge is 0.496 e. The van der Waals surface area contributed by atoms with Gasteiger partial charge in [-0.2, -0.15) is 0 Å². The molecule has 2 heterocycles. The molecule has 1 N–H and O–H groups in total. The lowest BCUT2D eigenvalue weighted by atomic mass is 9.89. The molecule has 2 fully saturated rings. The first-order valence-corrected chi connectivity index (χ1v) is 13.8. The van der Waals surface area contributed by atoms with Crippen LogP contribution < -0.4 is 19.7 Å². The molecular formula is C32H37N3O4. The van der Waals surface area contributed by atoms with Crippen molar-refractivity contribution in [2.24, 2.45) is 5.92 Å². The minimum Gasteiger partial charge on any atom is -0.496 e. The molecule has 0 bridgehead atoms. The first kappa shape index (κ1) is 26.6. The van der Waals surface area contributed by atoms with Gasteiger partial charge in [-0.1, -0.05) is 36.4 Å². The van der Waals surface area contributed by atoms with Crippen LogP contribution in [0.3, 0.4) is 0 Å². The van der Waals surface area contributed by atoms with Crippen molar-refractivity contribution in [3.8, 4) is 11.5 Å². The van der Waals surface area contributed by atoms with Crippen molar-refractivity contribution in [2.75, 3.05) is 50.6 Å². The number of carbonyl (C=O) groups is 2. The van der Waals surface area contributed by atoms with Gasteiger partial charge in [-0.3, -0.25) is 9.59 Å². The second-order valence-corrected chi connectivity index (χ2v) is 10.3. The molecule has 2 aliphatic rings. The van der Waals surface area contributed by atoms with Crippen LogP contribution in [-0.2, 0) is 6.42 Å². The van der Waals surface area contributed by atoms with Crippen LogP contribution in [0.4, 0.5) is 11.4 Å². The van der Waals surface area contributed by atoms with Crippen molar-refractivity contribution in [3.05, 3.63) is 83.4 Å². The van der Waals surface area contributed by atoms with Crippen molar-refractivity contribution >= 4 is 23.2 Å². The summed E-state index contributed by atoms with van der Waals surface area (Å²) in [6.45, 7) is 3.35. The fraction of sp³-hybridized carbons (Fsp3) is 0.375. The lowest BCUT2D eigenvalue weighted by molar-refractivity contribution is 0.0793. The molecule has 0 saturated carbocycles. The maximum Gasteiger partial charge on any atom is 0.263 e. The van der Waals surface area contributed by atoms with Crippen molar-refractivity contribution in [1.29, 1.82) is 0 Å². The Labute approximate surface area is 230 Å². The summed E-state index contributed by atoms with van der Waals surface area (Å²) in [7, 11) is 3.05. The molecule has 2 aliphatic heterocycles. The minimum atomic E-state index is -0.349. The molecule has 0 atom stereocenters. The maximum absolute atomic E-state index is 13.7. The number of nitrogens with zero attached hydrogens (tertiary/aromatic N) is 2. The smallest absolute Gasteiger partial charge is 0.263 e. The highest BCUT2D eigenvalue weighted by Crippen LogP contribution is 2.33. The molecule has 0 spiro atoms. The van der Waals surface area contributed by atoms with Crippen molar-refractivity contribution in [3.63, 3.8) is 0 Å². The number of ether oxygens (including phenoxy) is 2. The minimum absolute atomic E-state index is 0.0277. The Morgan fingerprint density at radius 2 is 1.51 bits per heavy atom. The number of hydrogen-bond acceptors (Lipinski definition) is 5. The molecule has 204 valence electrons. The molecule has 0 radical (unpaired) electrons. The molecule has 3 aromatic carbocycles. The Morgan fingerprint density at radius 3 is 2.15 bits per heavy atom. The number of amides is 2. The lowest BCUT2D eigenvalue weighted by Crippen LogP contribution is -2.36. The van der Waals surface area contributed by atoms with Gasteiger partial charge in [0.25, 0.3) is 11.8 Å². The highest BCUT2D eigenvalue weighted by Gasteiger charge is 2.27. The second-order valence-electron chi connectivity index (χ2n) is 10.3. The molecular weight excluding hydrogens is 490 g/mol. The molecule has 2 saturated heterocycles. The number of benzene rings is 3. The summed E-state index contributed by atoms with van der Waals surface area (Å²) < 4.78 is 10.8. The van der Waals surface area contributed by atoms with Gasteiger partial charge in [-0.05, 0) is 73.9 Å². The highest BCUT2D eigenvalue weighted by molar-refractivity contribution is 6.09. The van der Waals surface area contributed by atoms with Gasteiger partial charge in [0.2, 0.25) is 0 Å². The Kier molecular flexibility index (Phi) is 8.35. The van der Waals surface area contributed by atoms with Gasteiger partial charge in [-0.25, -0.2) is 0 Å². The van der Waals surface area contributed by atoms with Gasteiger partial charge >= 0.3 is 0 Å². The third-order valence-electron chi connectivity index (χ3n) is 7.86. The van der Waals surface area contributed by atoms with E-state index in [-0.39, 0.29) is 11.8 Å². The summed E-state index contributed by atoms with van der Waals surface area (Å²) in [5, 5.41) is 2.97. The summed E-state index contributed by atoms with van der Waals surface area (Å²) in [5.74, 6) is 1.17. The van der Waals surface area contributed by atoms with Crippen LogP contribution in [0.5, 0.6) is 11.5 Å². The molecule has 0 aromatic heterocycles. The molecule has 7 nitrogen and oxygen atoms in total. The Bertz CT molecular complexity index is 1270. The summed E-state index contributed by atoms with van der Waals surface area (Å²) in [6, 6.07) is 21.6. The van der Waals surface area contributed by atoms with Gasteiger partial charge in [0.1, 0.15) is 17.1 Å². The number of likely N-dealkylation sites (tertiary alicyclic amines) is 1. The molecule has 0 aliphatic carbocycles. The van der Waals surface area contributed by atoms with Gasteiger partial charge in [0.05, 0.1) is 19.8 Å². The van der Waals surface area contributed by atoms with E-state index in [2.05, 4.69) is 40.5 Å².